The Morgan fingerprint density at radius 2 is 1.46 bits per heavy atom. The maximum atomic E-state index is 13.8. The lowest BCUT2D eigenvalue weighted by molar-refractivity contribution is 0.0696. The smallest absolute Gasteiger partial charge is 0.335 e. The molecule has 8 heteroatoms. The van der Waals surface area contributed by atoms with Gasteiger partial charge in [-0.05, 0) is 81.6 Å². The Labute approximate surface area is 232 Å². The highest BCUT2D eigenvalue weighted by atomic mass is 19.1. The van der Waals surface area contributed by atoms with E-state index in [4.69, 9.17) is 9.63 Å². The largest absolute Gasteiger partial charge is 0.478 e. The molecule has 202 valence electrons. The van der Waals surface area contributed by atoms with Crippen molar-refractivity contribution in [1.29, 1.82) is 0 Å². The van der Waals surface area contributed by atoms with Crippen molar-refractivity contribution < 1.29 is 28.0 Å². The summed E-state index contributed by atoms with van der Waals surface area (Å²) in [6, 6.07) is 26.0. The molecular formula is C33H22F2N2O4. The molecule has 0 aliphatic carbocycles. The molecule has 0 fully saturated rings. The van der Waals surface area contributed by atoms with Gasteiger partial charge >= 0.3 is 5.97 Å². The summed E-state index contributed by atoms with van der Waals surface area (Å²) in [6.07, 6.45) is 0.315. The van der Waals surface area contributed by atoms with E-state index in [1.54, 1.807) is 42.5 Å². The number of hydrogen-bond acceptors (Lipinski definition) is 4. The zero-order chi connectivity index (χ0) is 28.5. The van der Waals surface area contributed by atoms with E-state index in [0.717, 1.165) is 21.9 Å². The number of carbonyl (C=O) groups is 2. The predicted octanol–water partition coefficient (Wildman–Crippen LogP) is 7.15. The first-order chi connectivity index (χ1) is 19.8. The van der Waals surface area contributed by atoms with Crippen LogP contribution >= 0.6 is 0 Å². The molecule has 1 aromatic heterocycles. The van der Waals surface area contributed by atoms with Gasteiger partial charge in [-0.1, -0.05) is 53.7 Å². The molecule has 2 N–H and O–H groups in total. The number of aromatic carboxylic acids is 1. The van der Waals surface area contributed by atoms with E-state index in [-0.39, 0.29) is 29.6 Å². The van der Waals surface area contributed by atoms with Crippen LogP contribution < -0.4 is 5.32 Å². The minimum Gasteiger partial charge on any atom is -0.478 e. The monoisotopic (exact) mass is 548 g/mol. The van der Waals surface area contributed by atoms with Crippen LogP contribution in [0.4, 0.5) is 8.78 Å². The van der Waals surface area contributed by atoms with Crippen molar-refractivity contribution >= 4 is 33.6 Å². The first kappa shape index (κ1) is 25.9. The molecule has 41 heavy (non-hydrogen) atoms. The zero-order valence-electron chi connectivity index (χ0n) is 21.5. The second kappa shape index (κ2) is 10.7. The molecule has 0 saturated heterocycles. The number of carboxylic acid groups (broad SMARTS) is 1. The van der Waals surface area contributed by atoms with Gasteiger partial charge in [-0.25, -0.2) is 13.6 Å². The highest BCUT2D eigenvalue weighted by molar-refractivity contribution is 6.08. The van der Waals surface area contributed by atoms with Crippen molar-refractivity contribution in [2.45, 2.75) is 13.0 Å². The molecule has 0 aliphatic heterocycles. The summed E-state index contributed by atoms with van der Waals surface area (Å²) in [5, 5.41) is 18.5. The van der Waals surface area contributed by atoms with Gasteiger partial charge in [0.05, 0.1) is 16.5 Å². The van der Waals surface area contributed by atoms with Crippen LogP contribution in [0.3, 0.4) is 0 Å². The van der Waals surface area contributed by atoms with Gasteiger partial charge in [0.1, 0.15) is 22.9 Å². The summed E-state index contributed by atoms with van der Waals surface area (Å²) in [6.45, 7) is 0.165. The Kier molecular flexibility index (Phi) is 6.73. The molecule has 6 rings (SSSR count). The van der Waals surface area contributed by atoms with Crippen molar-refractivity contribution in [3.05, 3.63) is 137 Å². The molecule has 0 saturated carbocycles. The number of nitrogens with zero attached hydrogens (tertiary/aromatic N) is 1. The quantitative estimate of drug-likeness (QED) is 0.221. The molecule has 0 radical (unpaired) electrons. The maximum absolute atomic E-state index is 13.8. The standard InChI is InChI=1S/C33H22F2N2O4/c34-26-10-7-22(8-11-26)25-16-28(32(38)36-18-19-1-5-23(6-2-19)33(39)40)31-29(17-25)37-41-30(31)14-20-3-4-21-9-12-27(35)15-24(21)13-20/h1-13,15-17H,14,18H2,(H,36,38)(H,39,40). The maximum Gasteiger partial charge on any atom is 0.335 e. The number of carbonyl (C=O) groups excluding carboxylic acids is 1. The molecule has 6 nitrogen and oxygen atoms in total. The van der Waals surface area contributed by atoms with Crippen molar-refractivity contribution in [3.63, 3.8) is 0 Å². The number of carboxylic acids is 1. The summed E-state index contributed by atoms with van der Waals surface area (Å²) >= 11 is 0. The first-order valence-corrected chi connectivity index (χ1v) is 12.8. The van der Waals surface area contributed by atoms with Crippen molar-refractivity contribution in [1.82, 2.24) is 10.5 Å². The fraction of sp³-hybridized carbons (Fsp3) is 0.0606. The van der Waals surface area contributed by atoms with E-state index < -0.39 is 5.97 Å². The van der Waals surface area contributed by atoms with Gasteiger partial charge in [-0.15, -0.1) is 0 Å². The van der Waals surface area contributed by atoms with Crippen LogP contribution in [0.5, 0.6) is 0 Å². The van der Waals surface area contributed by atoms with E-state index in [0.29, 0.717) is 39.8 Å². The van der Waals surface area contributed by atoms with Crippen LogP contribution in [0.25, 0.3) is 32.8 Å². The molecule has 1 amide bonds. The molecule has 5 aromatic carbocycles. The minimum atomic E-state index is -1.03. The summed E-state index contributed by atoms with van der Waals surface area (Å²) in [5.74, 6) is -1.65. The van der Waals surface area contributed by atoms with Gasteiger partial charge < -0.3 is 14.9 Å². The first-order valence-electron chi connectivity index (χ1n) is 12.8. The Morgan fingerprint density at radius 3 is 2.22 bits per heavy atom. The molecule has 1 heterocycles. The van der Waals surface area contributed by atoms with Gasteiger partial charge in [0.25, 0.3) is 5.91 Å². The Morgan fingerprint density at radius 1 is 0.756 bits per heavy atom. The SMILES string of the molecule is O=C(O)c1ccc(CNC(=O)c2cc(-c3ccc(F)cc3)cc3noc(Cc4ccc5ccc(F)cc5c4)c23)cc1. The molecule has 0 unspecified atom stereocenters. The highest BCUT2D eigenvalue weighted by Gasteiger charge is 2.20. The number of fused-ring (bicyclic) bond motifs is 2. The van der Waals surface area contributed by atoms with Crippen LogP contribution in [0.1, 0.15) is 37.6 Å². The Balaban J connectivity index is 1.37. The van der Waals surface area contributed by atoms with Crippen LogP contribution in [0.15, 0.2) is 102 Å². The average Bonchev–Trinajstić information content (AvgIpc) is 3.38. The van der Waals surface area contributed by atoms with E-state index in [1.165, 1.54) is 36.4 Å². The molecule has 0 atom stereocenters. The summed E-state index contributed by atoms with van der Waals surface area (Å²) in [5.41, 5.74) is 3.88. The van der Waals surface area contributed by atoms with E-state index in [2.05, 4.69) is 10.5 Å². The number of amides is 1. The summed E-state index contributed by atoms with van der Waals surface area (Å²) < 4.78 is 33.1. The van der Waals surface area contributed by atoms with Crippen LogP contribution in [0.2, 0.25) is 0 Å². The molecule has 6 aromatic rings. The third kappa shape index (κ3) is 5.40. The Hall–Kier alpha value is -5.37. The third-order valence-electron chi connectivity index (χ3n) is 6.96. The van der Waals surface area contributed by atoms with Crippen molar-refractivity contribution in [2.24, 2.45) is 0 Å². The topological polar surface area (TPSA) is 92.4 Å². The number of benzene rings is 5. The second-order valence-electron chi connectivity index (χ2n) is 9.72. The van der Waals surface area contributed by atoms with Gasteiger partial charge in [0.15, 0.2) is 0 Å². The average molecular weight is 549 g/mol. The fourth-order valence-corrected chi connectivity index (χ4v) is 4.86. The third-order valence-corrected chi connectivity index (χ3v) is 6.96. The van der Waals surface area contributed by atoms with Gasteiger partial charge in [-0.2, -0.15) is 0 Å². The van der Waals surface area contributed by atoms with Gasteiger partial charge in [0, 0.05) is 13.0 Å². The Bertz CT molecular complexity index is 1930. The van der Waals surface area contributed by atoms with Crippen LogP contribution in [-0.4, -0.2) is 22.1 Å². The lowest BCUT2D eigenvalue weighted by atomic mass is 9.96. The summed E-state index contributed by atoms with van der Waals surface area (Å²) in [4.78, 5) is 24.7. The second-order valence-corrected chi connectivity index (χ2v) is 9.72. The number of halogens is 2. The van der Waals surface area contributed by atoms with E-state index in [9.17, 15) is 18.4 Å². The number of aromatic nitrogens is 1. The van der Waals surface area contributed by atoms with E-state index >= 15 is 0 Å². The predicted molar refractivity (Wildman–Crippen MR) is 151 cm³/mol. The molecular weight excluding hydrogens is 526 g/mol. The van der Waals surface area contributed by atoms with Crippen molar-refractivity contribution in [3.8, 4) is 11.1 Å². The molecule has 0 bridgehead atoms. The van der Waals surface area contributed by atoms with Crippen LogP contribution in [-0.2, 0) is 13.0 Å². The molecule has 0 spiro atoms. The minimum absolute atomic E-state index is 0.152. The normalized spacial score (nSPS) is 11.2. The zero-order valence-corrected chi connectivity index (χ0v) is 21.5. The fourth-order valence-electron chi connectivity index (χ4n) is 4.86. The van der Waals surface area contributed by atoms with Crippen LogP contribution in [0, 0.1) is 11.6 Å². The lowest BCUT2D eigenvalue weighted by Gasteiger charge is -2.10. The molecule has 0 aliphatic rings. The van der Waals surface area contributed by atoms with Gasteiger partial charge in [-0.3, -0.25) is 4.79 Å². The highest BCUT2D eigenvalue weighted by Crippen LogP contribution is 2.32. The lowest BCUT2D eigenvalue weighted by Crippen LogP contribution is -2.23. The number of nitrogens with one attached hydrogen (secondary N) is 1. The van der Waals surface area contributed by atoms with Gasteiger partial charge in [0.2, 0.25) is 0 Å². The summed E-state index contributed by atoms with van der Waals surface area (Å²) in [7, 11) is 0. The number of rotatable bonds is 7. The number of hydrogen-bond donors (Lipinski definition) is 2. The van der Waals surface area contributed by atoms with Crippen molar-refractivity contribution in [2.75, 3.05) is 0 Å². The van der Waals surface area contributed by atoms with E-state index in [1.807, 2.05) is 18.2 Å².